The van der Waals surface area contributed by atoms with Crippen molar-refractivity contribution in [3.8, 4) is 0 Å². The number of rotatable bonds is 7. The lowest BCUT2D eigenvalue weighted by molar-refractivity contribution is -0.127. The first-order valence-corrected chi connectivity index (χ1v) is 6.47. The predicted octanol–water partition coefficient (Wildman–Crippen LogP) is 2.30. The smallest absolute Gasteiger partial charge is 0.253 e. The summed E-state index contributed by atoms with van der Waals surface area (Å²) >= 11 is 5.97. The minimum absolute atomic E-state index is 0.261. The Bertz CT molecular complexity index is 426. The average Bonchev–Trinajstić information content (AvgIpc) is 2.37. The Kier molecular flexibility index (Phi) is 6.62. The number of halogens is 1. The summed E-state index contributed by atoms with van der Waals surface area (Å²) in [5.74, 6) is -0.261. The van der Waals surface area contributed by atoms with E-state index in [0.717, 1.165) is 0 Å². The largest absolute Gasteiger partial charge is 0.399 e. The van der Waals surface area contributed by atoms with Crippen LogP contribution in [0.25, 0.3) is 0 Å². The zero-order valence-electron chi connectivity index (χ0n) is 11.1. The van der Waals surface area contributed by atoms with E-state index in [2.05, 4.69) is 5.32 Å². The molecule has 0 aliphatic carbocycles. The van der Waals surface area contributed by atoms with E-state index in [4.69, 9.17) is 26.8 Å². The van der Waals surface area contributed by atoms with Crippen LogP contribution in [0.4, 0.5) is 11.4 Å². The van der Waals surface area contributed by atoms with Crippen LogP contribution >= 0.6 is 11.6 Å². The molecule has 0 aromatic heterocycles. The number of carbonyl (C=O) groups is 1. The minimum atomic E-state index is -0.575. The number of nitrogens with one attached hydrogen (secondary N) is 1. The van der Waals surface area contributed by atoms with Crippen LogP contribution in [0, 0.1) is 0 Å². The van der Waals surface area contributed by atoms with Crippen molar-refractivity contribution in [3.63, 3.8) is 0 Å². The van der Waals surface area contributed by atoms with Crippen molar-refractivity contribution in [2.24, 2.45) is 0 Å². The molecule has 0 bridgehead atoms. The van der Waals surface area contributed by atoms with Crippen LogP contribution in [0.15, 0.2) is 18.2 Å². The Morgan fingerprint density at radius 1 is 1.47 bits per heavy atom. The van der Waals surface area contributed by atoms with Crippen LogP contribution in [0.2, 0.25) is 5.02 Å². The fourth-order valence-electron chi connectivity index (χ4n) is 1.37. The molecule has 0 spiro atoms. The van der Waals surface area contributed by atoms with E-state index >= 15 is 0 Å². The molecule has 1 amide bonds. The molecule has 0 heterocycles. The van der Waals surface area contributed by atoms with Gasteiger partial charge < -0.3 is 20.5 Å². The Labute approximate surface area is 118 Å². The summed E-state index contributed by atoms with van der Waals surface area (Å²) in [5.41, 5.74) is 6.64. The summed E-state index contributed by atoms with van der Waals surface area (Å²) in [4.78, 5) is 11.8. The van der Waals surface area contributed by atoms with Gasteiger partial charge in [0.1, 0.15) is 6.10 Å². The van der Waals surface area contributed by atoms with Crippen LogP contribution in [0.5, 0.6) is 0 Å². The third kappa shape index (κ3) is 5.46. The van der Waals surface area contributed by atoms with E-state index in [1.54, 1.807) is 25.1 Å². The van der Waals surface area contributed by atoms with E-state index in [-0.39, 0.29) is 5.91 Å². The first kappa shape index (κ1) is 15.8. The van der Waals surface area contributed by atoms with Crippen LogP contribution in [0.3, 0.4) is 0 Å². The second-order valence-electron chi connectivity index (χ2n) is 3.94. The number of hydrogen-bond donors (Lipinski definition) is 2. The highest BCUT2D eigenvalue weighted by molar-refractivity contribution is 6.34. The van der Waals surface area contributed by atoms with Crippen molar-refractivity contribution in [1.29, 1.82) is 0 Å². The number of amides is 1. The molecule has 1 atom stereocenters. The van der Waals surface area contributed by atoms with Crippen LogP contribution in [-0.4, -0.2) is 31.8 Å². The van der Waals surface area contributed by atoms with Gasteiger partial charge in [0, 0.05) is 12.3 Å². The second-order valence-corrected chi connectivity index (χ2v) is 4.35. The fourth-order valence-corrected chi connectivity index (χ4v) is 1.61. The molecule has 0 radical (unpaired) electrons. The number of nitrogen functional groups attached to an aromatic ring is 1. The van der Waals surface area contributed by atoms with Gasteiger partial charge in [0.05, 0.1) is 23.9 Å². The van der Waals surface area contributed by atoms with Gasteiger partial charge in [-0.2, -0.15) is 0 Å². The molecule has 6 heteroatoms. The SMILES string of the molecule is CCOCCOC(C)C(=O)Nc1ccc(N)cc1Cl. The van der Waals surface area contributed by atoms with Crippen molar-refractivity contribution in [2.45, 2.75) is 20.0 Å². The highest BCUT2D eigenvalue weighted by Gasteiger charge is 2.14. The topological polar surface area (TPSA) is 73.6 Å². The molecular weight excluding hydrogens is 268 g/mol. The van der Waals surface area contributed by atoms with Crippen molar-refractivity contribution in [3.05, 3.63) is 23.2 Å². The standard InChI is InChI=1S/C13H19ClN2O3/c1-3-18-6-7-19-9(2)13(17)16-12-5-4-10(15)8-11(12)14/h4-5,8-9H,3,6-7,15H2,1-2H3,(H,16,17). The van der Waals surface area contributed by atoms with Gasteiger partial charge >= 0.3 is 0 Å². The molecule has 106 valence electrons. The molecule has 0 aliphatic heterocycles. The summed E-state index contributed by atoms with van der Waals surface area (Å²) in [5, 5.41) is 3.08. The number of ether oxygens (including phenoxy) is 2. The molecule has 1 rings (SSSR count). The van der Waals surface area contributed by atoms with Crippen molar-refractivity contribution in [1.82, 2.24) is 0 Å². The van der Waals surface area contributed by atoms with Crippen molar-refractivity contribution < 1.29 is 14.3 Å². The summed E-state index contributed by atoms with van der Waals surface area (Å²) < 4.78 is 10.5. The normalized spacial score (nSPS) is 12.2. The second kappa shape index (κ2) is 7.99. The number of carbonyl (C=O) groups excluding carboxylic acids is 1. The molecule has 19 heavy (non-hydrogen) atoms. The summed E-state index contributed by atoms with van der Waals surface area (Å²) in [6.45, 7) is 5.05. The van der Waals surface area contributed by atoms with Crippen LogP contribution in [0.1, 0.15) is 13.8 Å². The van der Waals surface area contributed by atoms with Gasteiger partial charge in [-0.05, 0) is 32.0 Å². The zero-order valence-corrected chi connectivity index (χ0v) is 11.9. The van der Waals surface area contributed by atoms with Gasteiger partial charge in [-0.25, -0.2) is 0 Å². The number of nitrogens with two attached hydrogens (primary N) is 1. The lowest BCUT2D eigenvalue weighted by Crippen LogP contribution is -2.29. The molecule has 0 saturated heterocycles. The summed E-state index contributed by atoms with van der Waals surface area (Å²) in [6, 6.07) is 4.91. The van der Waals surface area contributed by atoms with Gasteiger partial charge in [-0.1, -0.05) is 11.6 Å². The minimum Gasteiger partial charge on any atom is -0.399 e. The lowest BCUT2D eigenvalue weighted by atomic mass is 10.2. The van der Waals surface area contributed by atoms with Gasteiger partial charge in [0.15, 0.2) is 0 Å². The maximum Gasteiger partial charge on any atom is 0.253 e. The number of benzene rings is 1. The van der Waals surface area contributed by atoms with Gasteiger partial charge in [0.2, 0.25) is 0 Å². The van der Waals surface area contributed by atoms with Crippen molar-refractivity contribution >= 4 is 28.9 Å². The van der Waals surface area contributed by atoms with E-state index in [0.29, 0.717) is 36.2 Å². The predicted molar refractivity (Wildman–Crippen MR) is 76.4 cm³/mol. The molecule has 0 aliphatic rings. The highest BCUT2D eigenvalue weighted by Crippen LogP contribution is 2.24. The van der Waals surface area contributed by atoms with Crippen molar-refractivity contribution in [2.75, 3.05) is 30.9 Å². The third-order valence-electron chi connectivity index (χ3n) is 2.42. The van der Waals surface area contributed by atoms with E-state index in [1.165, 1.54) is 0 Å². The Morgan fingerprint density at radius 3 is 2.84 bits per heavy atom. The highest BCUT2D eigenvalue weighted by atomic mass is 35.5. The molecule has 1 unspecified atom stereocenters. The van der Waals surface area contributed by atoms with Gasteiger partial charge in [0.25, 0.3) is 5.91 Å². The molecule has 3 N–H and O–H groups in total. The quantitative estimate of drug-likeness (QED) is 0.596. The van der Waals surface area contributed by atoms with Gasteiger partial charge in [-0.3, -0.25) is 4.79 Å². The van der Waals surface area contributed by atoms with Crippen LogP contribution in [-0.2, 0) is 14.3 Å². The first-order chi connectivity index (χ1) is 9.04. The summed E-state index contributed by atoms with van der Waals surface area (Å²) in [7, 11) is 0. The first-order valence-electron chi connectivity index (χ1n) is 6.09. The molecule has 0 saturated carbocycles. The molecule has 5 nitrogen and oxygen atoms in total. The molecule has 0 fully saturated rings. The Balaban J connectivity index is 2.45. The number of anilines is 2. The lowest BCUT2D eigenvalue weighted by Gasteiger charge is -2.14. The molecule has 1 aromatic rings. The molecule has 1 aromatic carbocycles. The number of hydrogen-bond acceptors (Lipinski definition) is 4. The fraction of sp³-hybridized carbons (Fsp3) is 0.462. The van der Waals surface area contributed by atoms with E-state index in [9.17, 15) is 4.79 Å². The van der Waals surface area contributed by atoms with Crippen LogP contribution < -0.4 is 11.1 Å². The van der Waals surface area contributed by atoms with Gasteiger partial charge in [-0.15, -0.1) is 0 Å². The van der Waals surface area contributed by atoms with E-state index in [1.807, 2.05) is 6.92 Å². The maximum atomic E-state index is 11.8. The Morgan fingerprint density at radius 2 is 2.21 bits per heavy atom. The monoisotopic (exact) mass is 286 g/mol. The average molecular weight is 287 g/mol. The third-order valence-corrected chi connectivity index (χ3v) is 2.73. The zero-order chi connectivity index (χ0) is 14.3. The molecular formula is C13H19ClN2O3. The summed E-state index contributed by atoms with van der Waals surface area (Å²) in [6.07, 6.45) is -0.575. The van der Waals surface area contributed by atoms with E-state index < -0.39 is 6.10 Å². The maximum absolute atomic E-state index is 11.8. The Hall–Kier alpha value is -1.30.